The summed E-state index contributed by atoms with van der Waals surface area (Å²) in [4.78, 5) is 0. The molecule has 0 amide bonds. The van der Waals surface area contributed by atoms with Crippen molar-refractivity contribution in [1.29, 1.82) is 0 Å². The Morgan fingerprint density at radius 3 is 0.960 bits per heavy atom. The van der Waals surface area contributed by atoms with Crippen molar-refractivity contribution in [2.24, 2.45) is 35.5 Å². The van der Waals surface area contributed by atoms with Crippen LogP contribution in [0.2, 0.25) is 0 Å². The summed E-state index contributed by atoms with van der Waals surface area (Å²) in [7, 11) is 0. The molecule has 0 nitrogen and oxygen atoms in total. The monoisotopic (exact) mass is 354 g/mol. The molecule has 3 rings (SSSR count). The van der Waals surface area contributed by atoms with Crippen LogP contribution in [0.15, 0.2) is 0 Å². The van der Waals surface area contributed by atoms with Gasteiger partial charge in [0.15, 0.2) is 0 Å². The predicted molar refractivity (Wildman–Crippen MR) is 111 cm³/mol. The molecule has 150 valence electrons. The molecule has 0 aromatic rings. The Morgan fingerprint density at radius 2 is 0.720 bits per heavy atom. The summed E-state index contributed by atoms with van der Waals surface area (Å²) >= 11 is 0. The SMILES string of the molecule is CC1CCC(C)C(F)C1.CC1CCC(C)CC1.CC1CCC(C)CC1. The van der Waals surface area contributed by atoms with E-state index in [9.17, 15) is 4.39 Å². The van der Waals surface area contributed by atoms with Crippen LogP contribution in [0.5, 0.6) is 0 Å². The maximum absolute atomic E-state index is 12.8. The largest absolute Gasteiger partial charge is 0.247 e. The third kappa shape index (κ3) is 10.6. The van der Waals surface area contributed by atoms with Crippen LogP contribution in [-0.2, 0) is 0 Å². The van der Waals surface area contributed by atoms with E-state index in [1.807, 2.05) is 6.92 Å². The quantitative estimate of drug-likeness (QED) is 0.409. The first-order valence-electron chi connectivity index (χ1n) is 11.4. The van der Waals surface area contributed by atoms with Crippen LogP contribution in [0, 0.1) is 35.5 Å². The van der Waals surface area contributed by atoms with E-state index in [0.29, 0.717) is 11.8 Å². The summed E-state index contributed by atoms with van der Waals surface area (Å²) in [6, 6.07) is 0. The van der Waals surface area contributed by atoms with Gasteiger partial charge in [0.2, 0.25) is 0 Å². The minimum atomic E-state index is -0.520. The Bertz CT molecular complexity index is 270. The molecule has 3 atom stereocenters. The highest BCUT2D eigenvalue weighted by atomic mass is 19.1. The van der Waals surface area contributed by atoms with Gasteiger partial charge in [-0.2, -0.15) is 0 Å². The molecule has 0 radical (unpaired) electrons. The number of hydrogen-bond donors (Lipinski definition) is 0. The smallest absolute Gasteiger partial charge is 0.103 e. The van der Waals surface area contributed by atoms with Gasteiger partial charge in [0, 0.05) is 0 Å². The number of alkyl halides is 1. The number of rotatable bonds is 0. The van der Waals surface area contributed by atoms with Crippen LogP contribution in [-0.4, -0.2) is 6.17 Å². The van der Waals surface area contributed by atoms with E-state index >= 15 is 0 Å². The lowest BCUT2D eigenvalue weighted by molar-refractivity contribution is 0.145. The molecule has 0 aromatic carbocycles. The van der Waals surface area contributed by atoms with Crippen molar-refractivity contribution >= 4 is 0 Å². The zero-order valence-electron chi connectivity index (χ0n) is 18.2. The predicted octanol–water partition coefficient (Wildman–Crippen LogP) is 8.45. The van der Waals surface area contributed by atoms with Crippen LogP contribution < -0.4 is 0 Å². The van der Waals surface area contributed by atoms with Crippen molar-refractivity contribution in [3.8, 4) is 0 Å². The number of halogens is 1. The Kier molecular flexibility index (Phi) is 11.3. The van der Waals surface area contributed by atoms with Gasteiger partial charge in [0.1, 0.15) is 6.17 Å². The average Bonchev–Trinajstić information content (AvgIpc) is 2.58. The Hall–Kier alpha value is -0.0700. The molecule has 0 saturated heterocycles. The lowest BCUT2D eigenvalue weighted by Gasteiger charge is -2.26. The zero-order valence-corrected chi connectivity index (χ0v) is 18.2. The Balaban J connectivity index is 0.000000188. The van der Waals surface area contributed by atoms with Gasteiger partial charge in [-0.3, -0.25) is 0 Å². The first kappa shape index (κ1) is 23.0. The fourth-order valence-electron chi connectivity index (χ4n) is 4.32. The lowest BCUT2D eigenvalue weighted by Crippen LogP contribution is -2.22. The second kappa shape index (κ2) is 12.3. The summed E-state index contributed by atoms with van der Waals surface area (Å²) in [6.07, 6.45) is 14.4. The van der Waals surface area contributed by atoms with E-state index in [1.54, 1.807) is 0 Å². The zero-order chi connectivity index (χ0) is 18.8. The van der Waals surface area contributed by atoms with Gasteiger partial charge >= 0.3 is 0 Å². The van der Waals surface area contributed by atoms with Crippen LogP contribution in [0.4, 0.5) is 4.39 Å². The van der Waals surface area contributed by atoms with Gasteiger partial charge < -0.3 is 0 Å². The minimum absolute atomic E-state index is 0.321. The molecule has 0 aromatic heterocycles. The normalized spacial score (nSPS) is 41.6. The highest BCUT2D eigenvalue weighted by Gasteiger charge is 2.24. The summed E-state index contributed by atoms with van der Waals surface area (Å²) in [5.74, 6) is 5.02. The average molecular weight is 355 g/mol. The summed E-state index contributed by atoms with van der Waals surface area (Å²) < 4.78 is 12.8. The molecular formula is C24H47F. The molecule has 0 heterocycles. The third-order valence-electron chi connectivity index (χ3n) is 6.97. The molecule has 0 N–H and O–H groups in total. The van der Waals surface area contributed by atoms with E-state index in [1.165, 1.54) is 57.8 Å². The molecule has 3 aliphatic rings. The lowest BCUT2D eigenvalue weighted by atomic mass is 9.83. The highest BCUT2D eigenvalue weighted by Crippen LogP contribution is 2.30. The maximum Gasteiger partial charge on any atom is 0.103 e. The fourth-order valence-corrected chi connectivity index (χ4v) is 4.32. The maximum atomic E-state index is 12.8. The molecule has 0 bridgehead atoms. The second-order valence-corrected chi connectivity index (χ2v) is 10.1. The summed E-state index contributed by atoms with van der Waals surface area (Å²) in [5, 5.41) is 0. The van der Waals surface area contributed by atoms with Crippen molar-refractivity contribution in [1.82, 2.24) is 0 Å². The van der Waals surface area contributed by atoms with Crippen LogP contribution in [0.25, 0.3) is 0 Å². The molecule has 0 spiro atoms. The van der Waals surface area contributed by atoms with Gasteiger partial charge in [-0.15, -0.1) is 0 Å². The number of hydrogen-bond acceptors (Lipinski definition) is 0. The van der Waals surface area contributed by atoms with Gasteiger partial charge in [-0.05, 0) is 48.3 Å². The molecular weight excluding hydrogens is 307 g/mol. The van der Waals surface area contributed by atoms with E-state index in [-0.39, 0.29) is 0 Å². The summed E-state index contributed by atoms with van der Waals surface area (Å²) in [5.41, 5.74) is 0. The van der Waals surface area contributed by atoms with Crippen molar-refractivity contribution in [2.75, 3.05) is 0 Å². The Labute approximate surface area is 158 Å². The first-order chi connectivity index (χ1) is 11.8. The molecule has 3 aliphatic carbocycles. The van der Waals surface area contributed by atoms with E-state index in [0.717, 1.165) is 36.5 Å². The van der Waals surface area contributed by atoms with Crippen molar-refractivity contribution in [3.05, 3.63) is 0 Å². The summed E-state index contributed by atoms with van der Waals surface area (Å²) in [6.45, 7) is 13.6. The topological polar surface area (TPSA) is 0 Å². The van der Waals surface area contributed by atoms with Crippen LogP contribution in [0.1, 0.15) is 112 Å². The molecule has 0 aliphatic heterocycles. The van der Waals surface area contributed by atoms with Crippen molar-refractivity contribution < 1.29 is 4.39 Å². The standard InChI is InChI=1S/C8H15F.2C8H16/c1-6-3-4-7(2)8(9)5-6;2*1-7-3-5-8(2)6-4-7/h6-8H,3-5H2,1-2H3;2*7-8H,3-6H2,1-2H3. The van der Waals surface area contributed by atoms with Gasteiger partial charge in [0.25, 0.3) is 0 Å². The van der Waals surface area contributed by atoms with Crippen molar-refractivity contribution in [2.45, 2.75) is 118 Å². The van der Waals surface area contributed by atoms with Gasteiger partial charge in [-0.1, -0.05) is 99.3 Å². The molecule has 3 unspecified atom stereocenters. The first-order valence-corrected chi connectivity index (χ1v) is 11.4. The molecule has 1 heteroatoms. The van der Waals surface area contributed by atoms with Crippen molar-refractivity contribution in [3.63, 3.8) is 0 Å². The fraction of sp³-hybridized carbons (Fsp3) is 1.00. The molecule has 25 heavy (non-hydrogen) atoms. The van der Waals surface area contributed by atoms with Gasteiger partial charge in [-0.25, -0.2) is 4.39 Å². The minimum Gasteiger partial charge on any atom is -0.247 e. The van der Waals surface area contributed by atoms with Crippen LogP contribution >= 0.6 is 0 Å². The molecule has 3 fully saturated rings. The van der Waals surface area contributed by atoms with E-state index < -0.39 is 6.17 Å². The highest BCUT2D eigenvalue weighted by molar-refractivity contribution is 4.74. The van der Waals surface area contributed by atoms with E-state index in [2.05, 4.69) is 34.6 Å². The van der Waals surface area contributed by atoms with Gasteiger partial charge in [0.05, 0.1) is 0 Å². The Morgan fingerprint density at radius 1 is 0.440 bits per heavy atom. The van der Waals surface area contributed by atoms with E-state index in [4.69, 9.17) is 0 Å². The third-order valence-corrected chi connectivity index (χ3v) is 6.97. The molecule has 3 saturated carbocycles. The second-order valence-electron chi connectivity index (χ2n) is 10.1. The van der Waals surface area contributed by atoms with Crippen LogP contribution in [0.3, 0.4) is 0 Å².